The summed E-state index contributed by atoms with van der Waals surface area (Å²) in [5.41, 5.74) is 3.02. The molecule has 1 aliphatic rings. The molecule has 4 rings (SSSR count). The second-order valence-corrected chi connectivity index (χ2v) is 10.1. The fourth-order valence-electron chi connectivity index (χ4n) is 4.85. The molecule has 0 aromatic heterocycles. The summed E-state index contributed by atoms with van der Waals surface area (Å²) in [6, 6.07) is 15.3. The minimum Gasteiger partial charge on any atom is -0.348 e. The highest BCUT2D eigenvalue weighted by molar-refractivity contribution is 5.71. The second kappa shape index (κ2) is 13.8. The Morgan fingerprint density at radius 3 is 2.05 bits per heavy atom. The maximum Gasteiger partial charge on any atom is 0.186 e. The lowest BCUT2D eigenvalue weighted by Gasteiger charge is -2.28. The zero-order valence-corrected chi connectivity index (χ0v) is 22.2. The lowest BCUT2D eigenvalue weighted by Crippen LogP contribution is -2.26. The molecule has 0 bridgehead atoms. The molecule has 2 nitrogen and oxygen atoms in total. The van der Waals surface area contributed by atoms with E-state index in [-0.39, 0.29) is 11.5 Å². The van der Waals surface area contributed by atoms with Crippen LogP contribution in [0, 0.1) is 23.4 Å². The zero-order chi connectivity index (χ0) is 26.9. The van der Waals surface area contributed by atoms with Gasteiger partial charge in [0.05, 0.1) is 13.2 Å². The maximum atomic E-state index is 15.0. The van der Waals surface area contributed by atoms with Gasteiger partial charge in [-0.2, -0.15) is 0 Å². The first-order chi connectivity index (χ1) is 18.5. The van der Waals surface area contributed by atoms with Crippen LogP contribution in [0.4, 0.5) is 13.2 Å². The number of ether oxygens (including phenoxy) is 2. The molecule has 5 heteroatoms. The molecule has 0 saturated carbocycles. The first-order valence-corrected chi connectivity index (χ1v) is 13.7. The van der Waals surface area contributed by atoms with Crippen molar-refractivity contribution in [1.29, 1.82) is 0 Å². The first kappa shape index (κ1) is 28.1. The summed E-state index contributed by atoms with van der Waals surface area (Å²) in [5.74, 6) is -1.90. The summed E-state index contributed by atoms with van der Waals surface area (Å²) in [6.07, 6.45) is 9.53. The normalized spacial score (nSPS) is 17.5. The molecule has 0 unspecified atom stereocenters. The number of hydrogen-bond donors (Lipinski definition) is 0. The molecular weight excluding hydrogens is 485 g/mol. The molecule has 0 N–H and O–H groups in total. The van der Waals surface area contributed by atoms with Crippen LogP contribution in [0.5, 0.6) is 0 Å². The molecular formula is C33H37F3O2. The first-order valence-electron chi connectivity index (χ1n) is 13.7. The molecule has 202 valence electrons. The second-order valence-electron chi connectivity index (χ2n) is 10.1. The van der Waals surface area contributed by atoms with Gasteiger partial charge in [-0.25, -0.2) is 13.2 Å². The lowest BCUT2D eigenvalue weighted by atomic mass is 9.97. The maximum absolute atomic E-state index is 15.0. The molecule has 1 fully saturated rings. The van der Waals surface area contributed by atoms with Gasteiger partial charge in [0, 0.05) is 17.0 Å². The summed E-state index contributed by atoms with van der Waals surface area (Å²) >= 11 is 0. The fraction of sp³-hybridized carbons (Fsp3) is 0.394. The van der Waals surface area contributed by atoms with E-state index in [4.69, 9.17) is 9.47 Å². The molecule has 3 aromatic carbocycles. The van der Waals surface area contributed by atoms with Crippen LogP contribution in [0.15, 0.2) is 67.3 Å². The van der Waals surface area contributed by atoms with Crippen molar-refractivity contribution in [3.8, 4) is 22.3 Å². The Morgan fingerprint density at radius 2 is 1.39 bits per heavy atom. The predicted octanol–water partition coefficient (Wildman–Crippen LogP) is 9.58. The van der Waals surface area contributed by atoms with E-state index in [0.717, 1.165) is 24.8 Å². The van der Waals surface area contributed by atoms with Crippen LogP contribution >= 0.6 is 0 Å². The number of rotatable bonds is 12. The molecule has 3 aromatic rings. The van der Waals surface area contributed by atoms with E-state index < -0.39 is 23.7 Å². The molecule has 1 saturated heterocycles. The van der Waals surface area contributed by atoms with E-state index in [9.17, 15) is 13.2 Å². The van der Waals surface area contributed by atoms with E-state index in [1.54, 1.807) is 54.6 Å². The Morgan fingerprint density at radius 1 is 0.763 bits per heavy atom. The summed E-state index contributed by atoms with van der Waals surface area (Å²) < 4.78 is 55.9. The van der Waals surface area contributed by atoms with Gasteiger partial charge in [0.25, 0.3) is 0 Å². The van der Waals surface area contributed by atoms with Crippen molar-refractivity contribution in [2.24, 2.45) is 5.92 Å². The highest BCUT2D eigenvalue weighted by atomic mass is 19.2. The fourth-order valence-corrected chi connectivity index (χ4v) is 4.85. The Hall–Kier alpha value is -2.89. The van der Waals surface area contributed by atoms with Gasteiger partial charge >= 0.3 is 0 Å². The minimum absolute atomic E-state index is 0.103. The van der Waals surface area contributed by atoms with Crippen LogP contribution in [-0.2, 0) is 15.9 Å². The van der Waals surface area contributed by atoms with Gasteiger partial charge in [-0.15, -0.1) is 6.58 Å². The predicted molar refractivity (Wildman–Crippen MR) is 147 cm³/mol. The summed E-state index contributed by atoms with van der Waals surface area (Å²) in [7, 11) is 0. The van der Waals surface area contributed by atoms with Gasteiger partial charge in [-0.1, -0.05) is 100 Å². The Balaban J connectivity index is 1.39. The summed E-state index contributed by atoms with van der Waals surface area (Å²) in [4.78, 5) is 0. The molecule has 0 radical (unpaired) electrons. The summed E-state index contributed by atoms with van der Waals surface area (Å²) in [6.45, 7) is 6.80. The van der Waals surface area contributed by atoms with E-state index in [0.29, 0.717) is 41.9 Å². The van der Waals surface area contributed by atoms with Crippen molar-refractivity contribution in [2.75, 3.05) is 13.2 Å². The van der Waals surface area contributed by atoms with E-state index in [1.807, 2.05) is 0 Å². The number of aryl methyl sites for hydroxylation is 1. The lowest BCUT2D eigenvalue weighted by molar-refractivity contribution is -0.198. The monoisotopic (exact) mass is 522 g/mol. The average Bonchev–Trinajstić information content (AvgIpc) is 2.95. The highest BCUT2D eigenvalue weighted by Gasteiger charge is 2.24. The van der Waals surface area contributed by atoms with Crippen LogP contribution in [-0.4, -0.2) is 13.2 Å². The Labute approximate surface area is 224 Å². The van der Waals surface area contributed by atoms with E-state index >= 15 is 0 Å². The zero-order valence-electron chi connectivity index (χ0n) is 22.2. The largest absolute Gasteiger partial charge is 0.348 e. The van der Waals surface area contributed by atoms with E-state index in [1.165, 1.54) is 31.7 Å². The quantitative estimate of drug-likeness (QED) is 0.174. The van der Waals surface area contributed by atoms with Gasteiger partial charge in [0.1, 0.15) is 5.82 Å². The molecule has 1 aliphatic heterocycles. The Kier molecular flexibility index (Phi) is 10.2. The molecule has 1 heterocycles. The van der Waals surface area contributed by atoms with Crippen molar-refractivity contribution in [3.63, 3.8) is 0 Å². The third-order valence-corrected chi connectivity index (χ3v) is 7.25. The van der Waals surface area contributed by atoms with Gasteiger partial charge in [-0.05, 0) is 41.2 Å². The van der Waals surface area contributed by atoms with Crippen molar-refractivity contribution in [2.45, 2.75) is 64.6 Å². The van der Waals surface area contributed by atoms with Crippen LogP contribution in [0.25, 0.3) is 22.3 Å². The molecule has 0 atom stereocenters. The number of unbranched alkanes of at least 4 members (excludes halogenated alkanes) is 6. The third kappa shape index (κ3) is 6.95. The van der Waals surface area contributed by atoms with Gasteiger partial charge < -0.3 is 9.47 Å². The van der Waals surface area contributed by atoms with Crippen LogP contribution in [0.3, 0.4) is 0 Å². The van der Waals surface area contributed by atoms with Crippen LogP contribution in [0.2, 0.25) is 0 Å². The minimum atomic E-state index is -0.820. The third-order valence-electron chi connectivity index (χ3n) is 7.25. The topological polar surface area (TPSA) is 18.5 Å². The van der Waals surface area contributed by atoms with Crippen molar-refractivity contribution < 1.29 is 22.6 Å². The van der Waals surface area contributed by atoms with Crippen molar-refractivity contribution in [1.82, 2.24) is 0 Å². The molecule has 0 amide bonds. The van der Waals surface area contributed by atoms with Gasteiger partial charge in [0.2, 0.25) is 0 Å². The molecule has 0 aliphatic carbocycles. The van der Waals surface area contributed by atoms with Gasteiger partial charge in [0.15, 0.2) is 17.9 Å². The van der Waals surface area contributed by atoms with Gasteiger partial charge in [-0.3, -0.25) is 0 Å². The van der Waals surface area contributed by atoms with Crippen LogP contribution in [0.1, 0.15) is 69.3 Å². The van der Waals surface area contributed by atoms with Crippen molar-refractivity contribution in [3.05, 3.63) is 95.8 Å². The van der Waals surface area contributed by atoms with Crippen LogP contribution < -0.4 is 0 Å². The standard InChI is InChI=1S/C33H37F3O2/c1-3-5-6-7-8-9-10-11-26-16-18-28(32(36)31(26)35)25-14-12-24(13-15-25)27-17-19-29(30(34)20-27)33-37-21-23(4-2)22-38-33/h4,12-20,23,33H,2-3,5-11,21-22H2,1H3. The molecule has 0 spiro atoms. The number of hydrogen-bond acceptors (Lipinski definition) is 2. The molecule has 38 heavy (non-hydrogen) atoms. The Bertz CT molecular complexity index is 1200. The highest BCUT2D eigenvalue weighted by Crippen LogP contribution is 2.32. The van der Waals surface area contributed by atoms with E-state index in [2.05, 4.69) is 13.5 Å². The SMILES string of the molecule is C=CC1COC(c2ccc(-c3ccc(-c4ccc(CCCCCCCCC)c(F)c4F)cc3)cc2F)OC1. The number of benzene rings is 3. The van der Waals surface area contributed by atoms with Crippen molar-refractivity contribution >= 4 is 0 Å². The number of halogens is 3. The average molecular weight is 523 g/mol. The summed E-state index contributed by atoms with van der Waals surface area (Å²) in [5, 5.41) is 0. The smallest absolute Gasteiger partial charge is 0.186 e.